The van der Waals surface area contributed by atoms with Crippen molar-refractivity contribution in [3.8, 4) is 0 Å². The SMILES string of the molecule is CC(c1cccc(Cl)c1)N(C)CCCCC(C)(C)CN. The van der Waals surface area contributed by atoms with Crippen molar-refractivity contribution in [3.05, 3.63) is 34.9 Å². The molecule has 2 N–H and O–H groups in total. The van der Waals surface area contributed by atoms with Crippen molar-refractivity contribution in [1.82, 2.24) is 4.90 Å². The van der Waals surface area contributed by atoms with Crippen LogP contribution in [0.15, 0.2) is 24.3 Å². The second-order valence-corrected chi connectivity index (χ2v) is 6.97. The molecule has 114 valence electrons. The highest BCUT2D eigenvalue weighted by atomic mass is 35.5. The van der Waals surface area contributed by atoms with Crippen LogP contribution in [0.5, 0.6) is 0 Å². The Morgan fingerprint density at radius 3 is 2.60 bits per heavy atom. The topological polar surface area (TPSA) is 29.3 Å². The normalized spacial score (nSPS) is 13.8. The monoisotopic (exact) mass is 296 g/mol. The van der Waals surface area contributed by atoms with E-state index in [0.29, 0.717) is 6.04 Å². The number of halogens is 1. The number of unbranched alkanes of at least 4 members (excludes halogenated alkanes) is 1. The summed E-state index contributed by atoms with van der Waals surface area (Å²) in [7, 11) is 2.18. The van der Waals surface area contributed by atoms with Crippen LogP contribution in [0.3, 0.4) is 0 Å². The molecule has 0 saturated carbocycles. The molecule has 0 aliphatic carbocycles. The van der Waals surface area contributed by atoms with E-state index in [0.717, 1.165) is 18.1 Å². The third-order valence-electron chi connectivity index (χ3n) is 4.16. The summed E-state index contributed by atoms with van der Waals surface area (Å²) in [4.78, 5) is 2.39. The molecule has 0 aliphatic heterocycles. The van der Waals surface area contributed by atoms with Gasteiger partial charge in [-0.25, -0.2) is 0 Å². The Bertz CT molecular complexity index is 404. The molecule has 0 saturated heterocycles. The second-order valence-electron chi connectivity index (χ2n) is 6.54. The van der Waals surface area contributed by atoms with Crippen LogP contribution < -0.4 is 5.73 Å². The molecular formula is C17H29ClN2. The summed E-state index contributed by atoms with van der Waals surface area (Å²) in [5, 5.41) is 0.812. The predicted molar refractivity (Wildman–Crippen MR) is 89.2 cm³/mol. The number of hydrogen-bond donors (Lipinski definition) is 1. The van der Waals surface area contributed by atoms with E-state index in [9.17, 15) is 0 Å². The van der Waals surface area contributed by atoms with E-state index in [2.05, 4.69) is 44.9 Å². The van der Waals surface area contributed by atoms with Gasteiger partial charge in [0.15, 0.2) is 0 Å². The van der Waals surface area contributed by atoms with Gasteiger partial charge in [0.1, 0.15) is 0 Å². The summed E-state index contributed by atoms with van der Waals surface area (Å²) in [5.41, 5.74) is 7.32. The molecule has 0 fully saturated rings. The molecule has 3 heteroatoms. The zero-order valence-electron chi connectivity index (χ0n) is 13.3. The molecule has 0 amide bonds. The van der Waals surface area contributed by atoms with Gasteiger partial charge in [-0.2, -0.15) is 0 Å². The largest absolute Gasteiger partial charge is 0.330 e. The van der Waals surface area contributed by atoms with E-state index in [1.54, 1.807) is 0 Å². The molecule has 1 unspecified atom stereocenters. The minimum atomic E-state index is 0.275. The molecule has 0 aliphatic rings. The average Bonchev–Trinajstić information content (AvgIpc) is 2.42. The molecule has 1 atom stereocenters. The van der Waals surface area contributed by atoms with Crippen LogP contribution in [-0.4, -0.2) is 25.0 Å². The first-order chi connectivity index (χ1) is 9.35. The highest BCUT2D eigenvalue weighted by Crippen LogP contribution is 2.24. The molecule has 1 aromatic carbocycles. The molecule has 0 spiro atoms. The minimum Gasteiger partial charge on any atom is -0.330 e. The Morgan fingerprint density at radius 1 is 1.30 bits per heavy atom. The van der Waals surface area contributed by atoms with E-state index >= 15 is 0 Å². The first kappa shape index (κ1) is 17.5. The van der Waals surface area contributed by atoms with Crippen molar-refractivity contribution in [3.63, 3.8) is 0 Å². The van der Waals surface area contributed by atoms with Gasteiger partial charge in [-0.05, 0) is 63.0 Å². The maximum atomic E-state index is 6.06. The van der Waals surface area contributed by atoms with Crippen LogP contribution >= 0.6 is 11.6 Å². The summed E-state index contributed by atoms with van der Waals surface area (Å²) >= 11 is 6.06. The van der Waals surface area contributed by atoms with Crippen LogP contribution in [0.25, 0.3) is 0 Å². The Morgan fingerprint density at radius 2 is 2.00 bits per heavy atom. The van der Waals surface area contributed by atoms with Gasteiger partial charge in [0.25, 0.3) is 0 Å². The van der Waals surface area contributed by atoms with Gasteiger partial charge in [0.05, 0.1) is 0 Å². The molecule has 20 heavy (non-hydrogen) atoms. The molecule has 1 rings (SSSR count). The Balaban J connectivity index is 2.37. The fraction of sp³-hybridized carbons (Fsp3) is 0.647. The quantitative estimate of drug-likeness (QED) is 0.716. The van der Waals surface area contributed by atoms with Gasteiger partial charge in [0, 0.05) is 11.1 Å². The number of nitrogens with zero attached hydrogens (tertiary/aromatic N) is 1. The van der Waals surface area contributed by atoms with Crippen LogP contribution in [-0.2, 0) is 0 Å². The third-order valence-corrected chi connectivity index (χ3v) is 4.39. The fourth-order valence-corrected chi connectivity index (χ4v) is 2.48. The van der Waals surface area contributed by atoms with Gasteiger partial charge < -0.3 is 5.73 Å². The lowest BCUT2D eigenvalue weighted by Crippen LogP contribution is -2.25. The summed E-state index contributed by atoms with van der Waals surface area (Å²) in [5.74, 6) is 0. The summed E-state index contributed by atoms with van der Waals surface area (Å²) in [6.45, 7) is 8.59. The minimum absolute atomic E-state index is 0.275. The van der Waals surface area contributed by atoms with Crippen molar-refractivity contribution < 1.29 is 0 Å². The lowest BCUT2D eigenvalue weighted by Gasteiger charge is -2.26. The van der Waals surface area contributed by atoms with E-state index < -0.39 is 0 Å². The Labute approximate surface area is 129 Å². The Kier molecular flexibility index (Phi) is 7.01. The van der Waals surface area contributed by atoms with Crippen LogP contribution in [0.1, 0.15) is 51.6 Å². The molecule has 0 bridgehead atoms. The van der Waals surface area contributed by atoms with Crippen molar-refractivity contribution in [2.45, 2.75) is 46.1 Å². The lowest BCUT2D eigenvalue weighted by atomic mass is 9.87. The van der Waals surface area contributed by atoms with Gasteiger partial charge in [-0.1, -0.05) is 44.0 Å². The van der Waals surface area contributed by atoms with Crippen molar-refractivity contribution in [1.29, 1.82) is 0 Å². The first-order valence-corrected chi connectivity index (χ1v) is 7.89. The Hall–Kier alpha value is -0.570. The zero-order valence-corrected chi connectivity index (χ0v) is 14.1. The zero-order chi connectivity index (χ0) is 15.2. The highest BCUT2D eigenvalue weighted by Gasteiger charge is 2.15. The standard InChI is InChI=1S/C17H29ClN2/c1-14(15-8-7-9-16(18)12-15)20(4)11-6-5-10-17(2,3)13-19/h7-9,12,14H,5-6,10-11,13,19H2,1-4H3. The molecule has 0 heterocycles. The van der Waals surface area contributed by atoms with Crippen LogP contribution in [0.2, 0.25) is 5.02 Å². The molecule has 0 radical (unpaired) electrons. The average molecular weight is 297 g/mol. The second kappa shape index (κ2) is 8.02. The molecule has 0 aromatic heterocycles. The third kappa shape index (κ3) is 5.82. The number of hydrogen-bond acceptors (Lipinski definition) is 2. The predicted octanol–water partition coefficient (Wildman–Crippen LogP) is 4.49. The molecular weight excluding hydrogens is 268 g/mol. The van der Waals surface area contributed by atoms with Crippen molar-refractivity contribution in [2.24, 2.45) is 11.1 Å². The molecule has 1 aromatic rings. The molecule has 2 nitrogen and oxygen atoms in total. The summed E-state index contributed by atoms with van der Waals surface area (Å²) < 4.78 is 0. The number of nitrogens with two attached hydrogens (primary N) is 1. The van der Waals surface area contributed by atoms with Crippen molar-refractivity contribution >= 4 is 11.6 Å². The number of rotatable bonds is 8. The smallest absolute Gasteiger partial charge is 0.0409 e. The first-order valence-electron chi connectivity index (χ1n) is 7.51. The summed E-state index contributed by atoms with van der Waals surface area (Å²) in [6.07, 6.45) is 3.64. The van der Waals surface area contributed by atoms with Gasteiger partial charge in [0.2, 0.25) is 0 Å². The van der Waals surface area contributed by atoms with Gasteiger partial charge in [-0.15, -0.1) is 0 Å². The number of benzene rings is 1. The van der Waals surface area contributed by atoms with E-state index in [-0.39, 0.29) is 5.41 Å². The van der Waals surface area contributed by atoms with Crippen molar-refractivity contribution in [2.75, 3.05) is 20.1 Å². The maximum Gasteiger partial charge on any atom is 0.0409 e. The van der Waals surface area contributed by atoms with Gasteiger partial charge in [-0.3, -0.25) is 4.90 Å². The highest BCUT2D eigenvalue weighted by molar-refractivity contribution is 6.30. The maximum absolute atomic E-state index is 6.06. The van der Waals surface area contributed by atoms with Crippen LogP contribution in [0.4, 0.5) is 0 Å². The summed E-state index contributed by atoms with van der Waals surface area (Å²) in [6, 6.07) is 8.54. The lowest BCUT2D eigenvalue weighted by molar-refractivity contribution is 0.245. The van der Waals surface area contributed by atoms with E-state index in [1.807, 2.05) is 12.1 Å². The van der Waals surface area contributed by atoms with Gasteiger partial charge >= 0.3 is 0 Å². The van der Waals surface area contributed by atoms with Crippen LogP contribution in [0, 0.1) is 5.41 Å². The van der Waals surface area contributed by atoms with E-state index in [1.165, 1.54) is 24.8 Å². The van der Waals surface area contributed by atoms with E-state index in [4.69, 9.17) is 17.3 Å². The fourth-order valence-electron chi connectivity index (χ4n) is 2.28.